The predicted molar refractivity (Wildman–Crippen MR) is 109 cm³/mol. The van der Waals surface area contributed by atoms with Crippen molar-refractivity contribution in [2.24, 2.45) is 5.73 Å². The number of hydrogen-bond donors (Lipinski definition) is 3. The number of aromatic nitrogens is 3. The number of H-pyrrole nitrogens is 1. The van der Waals surface area contributed by atoms with Crippen LogP contribution >= 0.6 is 24.0 Å². The van der Waals surface area contributed by atoms with Crippen molar-refractivity contribution >= 4 is 40.9 Å². The molecule has 2 aromatic heterocycles. The molecule has 0 radical (unpaired) electrons. The van der Waals surface area contributed by atoms with Gasteiger partial charge in [-0.2, -0.15) is 0 Å². The third-order valence-corrected chi connectivity index (χ3v) is 4.86. The van der Waals surface area contributed by atoms with Gasteiger partial charge in [-0.3, -0.25) is 0 Å². The quantitative estimate of drug-likeness (QED) is 0.637. The molecule has 0 amide bonds. The van der Waals surface area contributed by atoms with Gasteiger partial charge in [-0.1, -0.05) is 29.8 Å². The van der Waals surface area contributed by atoms with Gasteiger partial charge >= 0.3 is 0 Å². The minimum absolute atomic E-state index is 0. The Labute approximate surface area is 163 Å². The van der Waals surface area contributed by atoms with Crippen LogP contribution in [0.5, 0.6) is 0 Å². The number of nitrogens with zero attached hydrogens (tertiary/aromatic N) is 3. The molecule has 26 heavy (non-hydrogen) atoms. The summed E-state index contributed by atoms with van der Waals surface area (Å²) in [5, 5.41) is 5.03. The lowest BCUT2D eigenvalue weighted by molar-refractivity contribution is 0.236. The molecule has 0 aliphatic carbocycles. The molecule has 3 aromatic rings. The maximum atomic E-state index is 6.38. The molecule has 1 unspecified atom stereocenters. The number of aromatic amines is 1. The first kappa shape index (κ1) is 18.9. The van der Waals surface area contributed by atoms with Crippen LogP contribution in [0.3, 0.4) is 0 Å². The number of para-hydroxylation sites is 1. The van der Waals surface area contributed by atoms with Crippen molar-refractivity contribution in [3.63, 3.8) is 0 Å². The van der Waals surface area contributed by atoms with Gasteiger partial charge in [0.25, 0.3) is 0 Å². The molecular weight excluding hydrogens is 371 g/mol. The highest BCUT2D eigenvalue weighted by atomic mass is 35.5. The molecule has 3 heterocycles. The lowest BCUT2D eigenvalue weighted by atomic mass is 10.0. The number of anilines is 1. The summed E-state index contributed by atoms with van der Waals surface area (Å²) in [6, 6.07) is 8.49. The van der Waals surface area contributed by atoms with Gasteiger partial charge in [-0.05, 0) is 19.5 Å². The fourth-order valence-electron chi connectivity index (χ4n) is 3.55. The van der Waals surface area contributed by atoms with E-state index in [2.05, 4.69) is 38.3 Å². The lowest BCUT2D eigenvalue weighted by Gasteiger charge is -2.34. The highest BCUT2D eigenvalue weighted by molar-refractivity contribution is 6.33. The van der Waals surface area contributed by atoms with Crippen molar-refractivity contribution in [3.8, 4) is 11.3 Å². The van der Waals surface area contributed by atoms with Crippen LogP contribution in [0.1, 0.15) is 6.42 Å². The Kier molecular flexibility index (Phi) is 5.67. The maximum Gasteiger partial charge on any atom is 0.223 e. The zero-order chi connectivity index (χ0) is 17.4. The van der Waals surface area contributed by atoms with Gasteiger partial charge in [0.2, 0.25) is 5.95 Å². The van der Waals surface area contributed by atoms with Crippen LogP contribution in [-0.2, 0) is 0 Å². The summed E-state index contributed by atoms with van der Waals surface area (Å²) in [6.07, 6.45) is 4.49. The Bertz CT molecular complexity index is 886. The Hall–Kier alpha value is -1.86. The van der Waals surface area contributed by atoms with Gasteiger partial charge in [0.05, 0.1) is 16.9 Å². The van der Waals surface area contributed by atoms with Crippen molar-refractivity contribution in [2.75, 3.05) is 25.5 Å². The van der Waals surface area contributed by atoms with E-state index in [0.29, 0.717) is 11.0 Å². The number of nitrogens with one attached hydrogen (secondary N) is 2. The molecule has 8 heteroatoms. The summed E-state index contributed by atoms with van der Waals surface area (Å²) in [7, 11) is 2.08. The Morgan fingerprint density at radius 2 is 2.12 bits per heavy atom. The van der Waals surface area contributed by atoms with E-state index in [1.807, 2.05) is 24.4 Å². The standard InChI is InChI=1S/C18H21ClN6.ClH/c1-25-9-11(20)6-12(10-25)23-18-22-8-15(19)17(24-18)14-7-21-16-5-3-2-4-13(14)16;/h2-5,7-8,11-12,21H,6,9-10,20H2,1H3,(H,22,23,24);1H/t11-,12?;/m0./s1. The van der Waals surface area contributed by atoms with Crippen molar-refractivity contribution in [1.29, 1.82) is 0 Å². The Balaban J connectivity index is 0.00000196. The van der Waals surface area contributed by atoms with Crippen molar-refractivity contribution in [2.45, 2.75) is 18.5 Å². The molecule has 1 aliphatic rings. The predicted octanol–water partition coefficient (Wildman–Crippen LogP) is 3.14. The largest absolute Gasteiger partial charge is 0.360 e. The second-order valence-electron chi connectivity index (χ2n) is 6.70. The molecule has 6 nitrogen and oxygen atoms in total. The number of hydrogen-bond acceptors (Lipinski definition) is 5. The number of benzene rings is 1. The minimum Gasteiger partial charge on any atom is -0.360 e. The highest BCUT2D eigenvalue weighted by Crippen LogP contribution is 2.32. The molecule has 1 aliphatic heterocycles. The summed E-state index contributed by atoms with van der Waals surface area (Å²) in [5.41, 5.74) is 8.87. The monoisotopic (exact) mass is 392 g/mol. The molecule has 0 bridgehead atoms. The van der Waals surface area contributed by atoms with E-state index in [4.69, 9.17) is 17.3 Å². The maximum absolute atomic E-state index is 6.38. The van der Waals surface area contributed by atoms with E-state index in [9.17, 15) is 0 Å². The van der Waals surface area contributed by atoms with E-state index in [1.54, 1.807) is 6.20 Å². The smallest absolute Gasteiger partial charge is 0.223 e. The second-order valence-corrected chi connectivity index (χ2v) is 7.10. The minimum atomic E-state index is 0. The summed E-state index contributed by atoms with van der Waals surface area (Å²) in [4.78, 5) is 14.5. The average Bonchev–Trinajstić information content (AvgIpc) is 3.00. The molecule has 1 aromatic carbocycles. The topological polar surface area (TPSA) is 82.9 Å². The highest BCUT2D eigenvalue weighted by Gasteiger charge is 2.23. The first-order valence-corrected chi connectivity index (χ1v) is 8.77. The first-order valence-electron chi connectivity index (χ1n) is 8.40. The average molecular weight is 393 g/mol. The van der Waals surface area contributed by atoms with Crippen LogP contribution in [0.25, 0.3) is 22.2 Å². The van der Waals surface area contributed by atoms with E-state index >= 15 is 0 Å². The van der Waals surface area contributed by atoms with Crippen LogP contribution in [0, 0.1) is 0 Å². The molecule has 1 saturated heterocycles. The van der Waals surface area contributed by atoms with Gasteiger partial charge in [-0.25, -0.2) is 9.97 Å². The number of fused-ring (bicyclic) bond motifs is 1. The summed E-state index contributed by atoms with van der Waals surface area (Å²) in [6.45, 7) is 1.84. The lowest BCUT2D eigenvalue weighted by Crippen LogP contribution is -2.50. The fraction of sp³-hybridized carbons (Fsp3) is 0.333. The molecular formula is C18H22Cl2N6. The van der Waals surface area contributed by atoms with Crippen LogP contribution in [0.4, 0.5) is 5.95 Å². The number of likely N-dealkylation sites (tertiary alicyclic amines) is 1. The third kappa shape index (κ3) is 3.78. The zero-order valence-corrected chi connectivity index (χ0v) is 16.0. The van der Waals surface area contributed by atoms with E-state index < -0.39 is 0 Å². The summed E-state index contributed by atoms with van der Waals surface area (Å²) >= 11 is 6.38. The van der Waals surface area contributed by atoms with Crippen molar-refractivity contribution in [3.05, 3.63) is 41.7 Å². The molecule has 4 rings (SSSR count). The molecule has 4 N–H and O–H groups in total. The number of halogens is 2. The number of piperidine rings is 1. The summed E-state index contributed by atoms with van der Waals surface area (Å²) < 4.78 is 0. The number of likely N-dealkylation sites (N-methyl/N-ethyl adjacent to an activating group) is 1. The van der Waals surface area contributed by atoms with Crippen molar-refractivity contribution < 1.29 is 0 Å². The van der Waals surface area contributed by atoms with E-state index in [-0.39, 0.29) is 24.5 Å². The number of rotatable bonds is 3. The summed E-state index contributed by atoms with van der Waals surface area (Å²) in [5.74, 6) is 0.581. The van der Waals surface area contributed by atoms with E-state index in [1.165, 1.54) is 0 Å². The Morgan fingerprint density at radius 1 is 1.31 bits per heavy atom. The van der Waals surface area contributed by atoms with Gasteiger partial charge in [0, 0.05) is 47.8 Å². The number of nitrogens with two attached hydrogens (primary N) is 1. The third-order valence-electron chi connectivity index (χ3n) is 4.59. The van der Waals surface area contributed by atoms with Crippen LogP contribution in [-0.4, -0.2) is 52.1 Å². The van der Waals surface area contributed by atoms with Crippen LogP contribution < -0.4 is 11.1 Å². The van der Waals surface area contributed by atoms with Gasteiger partial charge in [-0.15, -0.1) is 12.4 Å². The van der Waals surface area contributed by atoms with Gasteiger partial charge in [0.15, 0.2) is 0 Å². The SMILES string of the molecule is CN1CC(Nc2ncc(Cl)c(-c3c[nH]c4ccccc34)n2)C[C@H](N)C1.Cl. The van der Waals surface area contributed by atoms with Gasteiger partial charge < -0.3 is 20.9 Å². The second kappa shape index (κ2) is 7.80. The first-order chi connectivity index (χ1) is 12.1. The Morgan fingerprint density at radius 3 is 2.92 bits per heavy atom. The van der Waals surface area contributed by atoms with Crippen LogP contribution in [0.2, 0.25) is 5.02 Å². The van der Waals surface area contributed by atoms with Crippen molar-refractivity contribution in [1.82, 2.24) is 19.9 Å². The molecule has 2 atom stereocenters. The molecule has 138 valence electrons. The molecule has 1 fully saturated rings. The van der Waals surface area contributed by atoms with E-state index in [0.717, 1.165) is 41.7 Å². The molecule has 0 saturated carbocycles. The molecule has 0 spiro atoms. The zero-order valence-electron chi connectivity index (χ0n) is 14.4. The van der Waals surface area contributed by atoms with Gasteiger partial charge in [0.1, 0.15) is 0 Å². The van der Waals surface area contributed by atoms with Crippen LogP contribution in [0.15, 0.2) is 36.7 Å². The fourth-order valence-corrected chi connectivity index (χ4v) is 3.74. The normalized spacial score (nSPS) is 20.7.